The lowest BCUT2D eigenvalue weighted by Gasteiger charge is -2.34. The van der Waals surface area contributed by atoms with Crippen LogP contribution in [-0.4, -0.2) is 49.3 Å². The molecule has 0 bridgehead atoms. The van der Waals surface area contributed by atoms with Crippen LogP contribution in [0.2, 0.25) is 0 Å². The molecule has 1 unspecified atom stereocenters. The predicted molar refractivity (Wildman–Crippen MR) is 76.5 cm³/mol. The summed E-state index contributed by atoms with van der Waals surface area (Å²) in [5.74, 6) is 0.0875. The molecule has 0 spiro atoms. The molecular weight excluding hydrogens is 276 g/mol. The van der Waals surface area contributed by atoms with Crippen molar-refractivity contribution < 1.29 is 14.3 Å². The van der Waals surface area contributed by atoms with Gasteiger partial charge in [0.1, 0.15) is 12.2 Å². The number of carbonyl (C=O) groups excluding carboxylic acids is 1. The molecule has 6 heteroatoms. The van der Waals surface area contributed by atoms with E-state index in [9.17, 15) is 4.79 Å². The third-order valence-electron chi connectivity index (χ3n) is 3.94. The van der Waals surface area contributed by atoms with Crippen LogP contribution in [0, 0.1) is 0 Å². The van der Waals surface area contributed by atoms with E-state index in [1.54, 1.807) is 11.3 Å². The van der Waals surface area contributed by atoms with Gasteiger partial charge in [0.25, 0.3) is 5.91 Å². The van der Waals surface area contributed by atoms with Crippen molar-refractivity contribution in [1.82, 2.24) is 4.90 Å². The Hall–Kier alpha value is -0.950. The fourth-order valence-electron chi connectivity index (χ4n) is 2.77. The monoisotopic (exact) mass is 296 g/mol. The van der Waals surface area contributed by atoms with Crippen LogP contribution >= 0.6 is 11.3 Å². The molecular formula is C14H20N2O3S. The van der Waals surface area contributed by atoms with E-state index in [-0.39, 0.29) is 24.2 Å². The van der Waals surface area contributed by atoms with Gasteiger partial charge in [-0.15, -0.1) is 0 Å². The first-order chi connectivity index (χ1) is 9.78. The minimum Gasteiger partial charge on any atom is -0.370 e. The number of morpholine rings is 1. The Labute approximate surface area is 122 Å². The van der Waals surface area contributed by atoms with Gasteiger partial charge in [0.2, 0.25) is 0 Å². The van der Waals surface area contributed by atoms with Crippen molar-refractivity contribution >= 4 is 17.2 Å². The Morgan fingerprint density at radius 3 is 3.10 bits per heavy atom. The van der Waals surface area contributed by atoms with Crippen molar-refractivity contribution in [2.75, 3.05) is 26.2 Å². The molecule has 3 rings (SSSR count). The van der Waals surface area contributed by atoms with Crippen LogP contribution in [0.15, 0.2) is 16.8 Å². The fourth-order valence-corrected chi connectivity index (χ4v) is 3.48. The summed E-state index contributed by atoms with van der Waals surface area (Å²) in [4.78, 5) is 14.4. The third-order valence-corrected chi connectivity index (χ3v) is 4.64. The van der Waals surface area contributed by atoms with Crippen molar-refractivity contribution in [3.63, 3.8) is 0 Å². The molecule has 3 atom stereocenters. The van der Waals surface area contributed by atoms with E-state index in [4.69, 9.17) is 15.2 Å². The van der Waals surface area contributed by atoms with Gasteiger partial charge in [0.15, 0.2) is 0 Å². The Kier molecular flexibility index (Phi) is 4.35. The molecule has 1 aromatic rings. The zero-order chi connectivity index (χ0) is 13.9. The predicted octanol–water partition coefficient (Wildman–Crippen LogP) is 1.15. The van der Waals surface area contributed by atoms with E-state index in [2.05, 4.69) is 11.4 Å². The lowest BCUT2D eigenvalue weighted by atomic mass is 10.1. The summed E-state index contributed by atoms with van der Waals surface area (Å²) in [5.41, 5.74) is 6.74. The highest BCUT2D eigenvalue weighted by molar-refractivity contribution is 7.07. The molecule has 0 saturated carbocycles. The smallest absolute Gasteiger partial charge is 0.251 e. The van der Waals surface area contributed by atoms with Crippen molar-refractivity contribution in [2.45, 2.75) is 31.2 Å². The molecule has 2 aliphatic rings. The number of amides is 1. The molecule has 0 aromatic carbocycles. The molecule has 2 N–H and O–H groups in total. The number of hydrogen-bond acceptors (Lipinski definition) is 5. The summed E-state index contributed by atoms with van der Waals surface area (Å²) in [5, 5.41) is 4.11. The third kappa shape index (κ3) is 2.88. The van der Waals surface area contributed by atoms with E-state index < -0.39 is 0 Å². The molecule has 5 nitrogen and oxygen atoms in total. The highest BCUT2D eigenvalue weighted by Gasteiger charge is 2.35. The molecule has 0 radical (unpaired) electrons. The minimum absolute atomic E-state index is 0.00865. The van der Waals surface area contributed by atoms with Crippen LogP contribution in [0.4, 0.5) is 0 Å². The standard InChI is InChI=1S/C14H20N2O3S/c15-7-11-1-2-12(19-11)14(17)16-4-5-18-13(8-16)10-3-6-20-9-10/h3,6,9,11-13H,1-2,4-5,7-8,15H2/t11-,12+,13?/m1/s1. The van der Waals surface area contributed by atoms with Gasteiger partial charge in [-0.3, -0.25) is 4.79 Å². The van der Waals surface area contributed by atoms with Crippen LogP contribution in [-0.2, 0) is 14.3 Å². The molecule has 2 saturated heterocycles. The quantitative estimate of drug-likeness (QED) is 0.909. The maximum atomic E-state index is 12.5. The van der Waals surface area contributed by atoms with Crippen molar-refractivity contribution in [3.05, 3.63) is 22.4 Å². The Bertz CT molecular complexity index is 451. The zero-order valence-corrected chi connectivity index (χ0v) is 12.2. The lowest BCUT2D eigenvalue weighted by Crippen LogP contribution is -2.46. The second kappa shape index (κ2) is 6.22. The molecule has 1 amide bonds. The van der Waals surface area contributed by atoms with Crippen LogP contribution < -0.4 is 5.73 Å². The summed E-state index contributed by atoms with van der Waals surface area (Å²) in [7, 11) is 0. The van der Waals surface area contributed by atoms with Crippen LogP contribution in [0.5, 0.6) is 0 Å². The second-order valence-corrected chi connectivity index (χ2v) is 6.04. The molecule has 20 heavy (non-hydrogen) atoms. The van der Waals surface area contributed by atoms with Crippen molar-refractivity contribution in [2.24, 2.45) is 5.73 Å². The van der Waals surface area contributed by atoms with Gasteiger partial charge in [-0.1, -0.05) is 0 Å². The molecule has 1 aromatic heterocycles. The number of nitrogens with two attached hydrogens (primary N) is 1. The average molecular weight is 296 g/mol. The Morgan fingerprint density at radius 2 is 2.40 bits per heavy atom. The van der Waals surface area contributed by atoms with Crippen LogP contribution in [0.1, 0.15) is 24.5 Å². The zero-order valence-electron chi connectivity index (χ0n) is 11.4. The molecule has 2 aliphatic heterocycles. The molecule has 110 valence electrons. The number of thiophene rings is 1. The van der Waals surface area contributed by atoms with E-state index in [0.29, 0.717) is 26.2 Å². The van der Waals surface area contributed by atoms with E-state index in [1.807, 2.05) is 10.3 Å². The van der Waals surface area contributed by atoms with E-state index >= 15 is 0 Å². The maximum Gasteiger partial charge on any atom is 0.251 e. The fraction of sp³-hybridized carbons (Fsp3) is 0.643. The average Bonchev–Trinajstić information content (AvgIpc) is 3.17. The van der Waals surface area contributed by atoms with Crippen molar-refractivity contribution in [1.29, 1.82) is 0 Å². The minimum atomic E-state index is -0.315. The Morgan fingerprint density at radius 1 is 1.50 bits per heavy atom. The van der Waals surface area contributed by atoms with Crippen molar-refractivity contribution in [3.8, 4) is 0 Å². The van der Waals surface area contributed by atoms with Gasteiger partial charge in [-0.2, -0.15) is 11.3 Å². The number of hydrogen-bond donors (Lipinski definition) is 1. The summed E-state index contributed by atoms with van der Waals surface area (Å²) in [6, 6.07) is 2.06. The normalized spacial score (nSPS) is 30.6. The van der Waals surface area contributed by atoms with E-state index in [1.165, 1.54) is 0 Å². The topological polar surface area (TPSA) is 64.8 Å². The van der Waals surface area contributed by atoms with Gasteiger partial charge < -0.3 is 20.1 Å². The first kappa shape index (κ1) is 14.0. The maximum absolute atomic E-state index is 12.5. The summed E-state index contributed by atoms with van der Waals surface area (Å²) in [6.07, 6.45) is 1.37. The van der Waals surface area contributed by atoms with Gasteiger partial charge >= 0.3 is 0 Å². The van der Waals surface area contributed by atoms with Gasteiger partial charge in [0, 0.05) is 13.1 Å². The highest BCUT2D eigenvalue weighted by Crippen LogP contribution is 2.26. The Balaban J connectivity index is 1.61. The van der Waals surface area contributed by atoms with Gasteiger partial charge in [-0.05, 0) is 35.2 Å². The highest BCUT2D eigenvalue weighted by atomic mass is 32.1. The van der Waals surface area contributed by atoms with Crippen LogP contribution in [0.25, 0.3) is 0 Å². The van der Waals surface area contributed by atoms with Gasteiger partial charge in [-0.25, -0.2) is 0 Å². The molecule has 0 aliphatic carbocycles. The SMILES string of the molecule is NC[C@H]1CC[C@@H](C(=O)N2CCOC(c3ccsc3)C2)O1. The second-order valence-electron chi connectivity index (χ2n) is 5.26. The first-order valence-electron chi connectivity index (χ1n) is 7.06. The number of rotatable bonds is 3. The number of carbonyl (C=O) groups is 1. The largest absolute Gasteiger partial charge is 0.370 e. The lowest BCUT2D eigenvalue weighted by molar-refractivity contribution is -0.150. The molecule has 2 fully saturated rings. The van der Waals surface area contributed by atoms with Crippen LogP contribution in [0.3, 0.4) is 0 Å². The summed E-state index contributed by atoms with van der Waals surface area (Å²) < 4.78 is 11.5. The van der Waals surface area contributed by atoms with E-state index in [0.717, 1.165) is 18.4 Å². The molecule has 3 heterocycles. The summed E-state index contributed by atoms with van der Waals surface area (Å²) >= 11 is 1.65. The summed E-state index contributed by atoms with van der Waals surface area (Å²) in [6.45, 7) is 2.33. The van der Waals surface area contributed by atoms with Gasteiger partial charge in [0.05, 0.1) is 19.3 Å². The number of nitrogens with zero attached hydrogens (tertiary/aromatic N) is 1. The number of ether oxygens (including phenoxy) is 2. The first-order valence-corrected chi connectivity index (χ1v) is 8.00.